The highest BCUT2D eigenvalue weighted by Gasteiger charge is 2.33. The smallest absolute Gasteiger partial charge is 0.295 e. The van der Waals surface area contributed by atoms with Gasteiger partial charge in [-0.15, -0.1) is 0 Å². The fourth-order valence-electron chi connectivity index (χ4n) is 6.29. The van der Waals surface area contributed by atoms with Crippen LogP contribution in [-0.4, -0.2) is 39.0 Å². The van der Waals surface area contributed by atoms with Gasteiger partial charge in [-0.1, -0.05) is 28.1 Å². The third-order valence-electron chi connectivity index (χ3n) is 7.92. The molecule has 0 unspecified atom stereocenters. The maximum absolute atomic E-state index is 12.7. The first-order valence-corrected chi connectivity index (χ1v) is 16.5. The maximum Gasteiger partial charge on any atom is 0.295 e. The second-order valence-corrected chi connectivity index (χ2v) is 14.1. The van der Waals surface area contributed by atoms with Crippen LogP contribution in [0, 0.1) is 0 Å². The van der Waals surface area contributed by atoms with Crippen LogP contribution in [-0.2, 0) is 33.1 Å². The van der Waals surface area contributed by atoms with Crippen molar-refractivity contribution in [3.05, 3.63) is 91.9 Å². The van der Waals surface area contributed by atoms with E-state index >= 15 is 0 Å². The minimum atomic E-state index is -4.90. The summed E-state index contributed by atoms with van der Waals surface area (Å²) in [4.78, 5) is -1.24. The Bertz CT molecular complexity index is 2150. The molecule has 7 rings (SSSR count). The number of benzene rings is 4. The predicted octanol–water partition coefficient (Wildman–Crippen LogP) is 3.83. The van der Waals surface area contributed by atoms with Crippen molar-refractivity contribution < 1.29 is 30.7 Å². The van der Waals surface area contributed by atoms with Crippen molar-refractivity contribution in [2.24, 2.45) is 0 Å². The molecule has 0 aliphatic carbocycles. The van der Waals surface area contributed by atoms with Gasteiger partial charge in [0.1, 0.15) is 29.5 Å². The molecule has 3 aliphatic heterocycles. The zero-order chi connectivity index (χ0) is 28.0. The van der Waals surface area contributed by atoms with Gasteiger partial charge in [0, 0.05) is 44.8 Å². The van der Waals surface area contributed by atoms with E-state index in [0.29, 0.717) is 27.9 Å². The molecule has 40 heavy (non-hydrogen) atoms. The van der Waals surface area contributed by atoms with Crippen LogP contribution in [0.4, 0.5) is 0 Å². The SMILES string of the molecule is O=S(=O)(O)c1ccc(C2=c3cc4c5c(c3Oc3cc6ccc(Br)cc6cc32)CCC[N+]=5CCC4)c(S(=O)(=O)O)c1. The highest BCUT2D eigenvalue weighted by atomic mass is 79.9. The lowest BCUT2D eigenvalue weighted by Gasteiger charge is -2.27. The molecule has 11 heteroatoms. The summed E-state index contributed by atoms with van der Waals surface area (Å²) >= 11 is 3.51. The molecular weight excluding hydrogens is 618 g/mol. The minimum absolute atomic E-state index is 0.116. The molecule has 3 heterocycles. The van der Waals surface area contributed by atoms with E-state index in [9.17, 15) is 25.9 Å². The fraction of sp³-hybridized carbons (Fsp3) is 0.207. The molecule has 4 aromatic carbocycles. The van der Waals surface area contributed by atoms with Gasteiger partial charge in [0.05, 0.1) is 10.5 Å². The molecular formula is C29H23BrNO7S2+. The first-order chi connectivity index (χ1) is 19.0. The normalized spacial score (nSPS) is 16.3. The lowest BCUT2D eigenvalue weighted by molar-refractivity contribution is 0.437. The third kappa shape index (κ3) is 4.10. The number of fused-ring (bicyclic) bond motifs is 4. The topological polar surface area (TPSA) is 121 Å². The number of ether oxygens (including phenoxy) is 1. The second kappa shape index (κ2) is 8.95. The molecule has 3 aliphatic rings. The lowest BCUT2D eigenvalue weighted by atomic mass is 9.87. The molecule has 0 fully saturated rings. The molecule has 0 saturated heterocycles. The second-order valence-electron chi connectivity index (χ2n) is 10.4. The van der Waals surface area contributed by atoms with E-state index in [-0.39, 0.29) is 5.56 Å². The summed E-state index contributed by atoms with van der Waals surface area (Å²) in [5, 5.41) is 3.67. The number of aryl methyl sites for hydroxylation is 1. The molecule has 4 aromatic rings. The Morgan fingerprint density at radius 3 is 2.33 bits per heavy atom. The summed E-state index contributed by atoms with van der Waals surface area (Å²) in [6.07, 6.45) is 3.62. The Morgan fingerprint density at radius 2 is 1.57 bits per heavy atom. The molecule has 2 N–H and O–H groups in total. The van der Waals surface area contributed by atoms with Crippen LogP contribution in [0.15, 0.2) is 68.9 Å². The van der Waals surface area contributed by atoms with Crippen molar-refractivity contribution in [3.8, 4) is 11.5 Å². The third-order valence-corrected chi connectivity index (χ3v) is 10.2. The summed E-state index contributed by atoms with van der Waals surface area (Å²) in [5.74, 6) is 1.17. The van der Waals surface area contributed by atoms with Gasteiger partial charge in [-0.05, 0) is 66.1 Å². The monoisotopic (exact) mass is 640 g/mol. The number of rotatable bonds is 3. The van der Waals surface area contributed by atoms with Gasteiger partial charge in [0.2, 0.25) is 5.36 Å². The van der Waals surface area contributed by atoms with E-state index in [1.165, 1.54) is 11.4 Å². The van der Waals surface area contributed by atoms with Gasteiger partial charge < -0.3 is 4.74 Å². The van der Waals surface area contributed by atoms with Crippen molar-refractivity contribution in [2.75, 3.05) is 13.1 Å². The van der Waals surface area contributed by atoms with Crippen molar-refractivity contribution in [3.63, 3.8) is 0 Å². The fourth-order valence-corrected chi connectivity index (χ4v) is 7.97. The standard InChI is InChI=1S/C29H22BrNO7S2/c30-19-6-5-16-14-25-23(13-18(16)11-19)27(21-8-7-20(39(32,33)34)15-26(21)40(35,36)37)24-12-17-3-1-9-31-10-2-4-22(28(17)31)29(24)38-25/h5-8,11-15H,1-4,9-10H2,(H-,32,33,34,35,36,37)/p+1. The Balaban J connectivity index is 1.68. The van der Waals surface area contributed by atoms with Crippen LogP contribution >= 0.6 is 15.9 Å². The van der Waals surface area contributed by atoms with Crippen LogP contribution in [0.2, 0.25) is 0 Å². The van der Waals surface area contributed by atoms with Crippen molar-refractivity contribution >= 4 is 52.5 Å². The number of hydrogen-bond acceptors (Lipinski definition) is 5. The first-order valence-electron chi connectivity index (χ1n) is 12.8. The Hall–Kier alpha value is -3.09. The van der Waals surface area contributed by atoms with Gasteiger partial charge in [-0.25, -0.2) is 4.58 Å². The van der Waals surface area contributed by atoms with E-state index in [2.05, 4.69) is 20.5 Å². The molecule has 0 saturated carbocycles. The van der Waals surface area contributed by atoms with E-state index in [0.717, 1.165) is 77.3 Å². The Morgan fingerprint density at radius 1 is 0.800 bits per heavy atom. The maximum atomic E-state index is 12.7. The molecule has 8 nitrogen and oxygen atoms in total. The largest absolute Gasteiger partial charge is 0.455 e. The molecule has 0 aromatic heterocycles. The number of nitrogens with zero attached hydrogens (tertiary/aromatic N) is 1. The van der Waals surface area contributed by atoms with Crippen LogP contribution in [0.25, 0.3) is 16.3 Å². The van der Waals surface area contributed by atoms with Gasteiger partial charge in [0.25, 0.3) is 20.2 Å². The summed E-state index contributed by atoms with van der Waals surface area (Å²) in [5.41, 5.74) is 3.45. The van der Waals surface area contributed by atoms with Crippen LogP contribution in [0.3, 0.4) is 0 Å². The molecule has 0 spiro atoms. The number of halogens is 1. The summed E-state index contributed by atoms with van der Waals surface area (Å²) in [7, 11) is -9.63. The van der Waals surface area contributed by atoms with Gasteiger partial charge in [-0.2, -0.15) is 16.8 Å². The van der Waals surface area contributed by atoms with Crippen LogP contribution in [0.1, 0.15) is 35.1 Å². The Labute approximate surface area is 238 Å². The first kappa shape index (κ1) is 25.8. The highest BCUT2D eigenvalue weighted by molar-refractivity contribution is 9.10. The summed E-state index contributed by atoms with van der Waals surface area (Å²) in [6.45, 7) is 1.94. The minimum Gasteiger partial charge on any atom is -0.455 e. The molecule has 204 valence electrons. The summed E-state index contributed by atoms with van der Waals surface area (Å²) in [6, 6.07) is 15.0. The zero-order valence-electron chi connectivity index (χ0n) is 21.0. The van der Waals surface area contributed by atoms with Crippen molar-refractivity contribution in [1.82, 2.24) is 4.58 Å². The Kier molecular flexibility index (Phi) is 5.79. The molecule has 0 radical (unpaired) electrons. The van der Waals surface area contributed by atoms with E-state index in [1.54, 1.807) is 0 Å². The van der Waals surface area contributed by atoms with Gasteiger partial charge in [-0.3, -0.25) is 9.11 Å². The highest BCUT2D eigenvalue weighted by Crippen LogP contribution is 2.42. The zero-order valence-corrected chi connectivity index (χ0v) is 24.2. The van der Waals surface area contributed by atoms with E-state index < -0.39 is 30.0 Å². The predicted molar refractivity (Wildman–Crippen MR) is 153 cm³/mol. The quantitative estimate of drug-likeness (QED) is 0.227. The van der Waals surface area contributed by atoms with Crippen LogP contribution < -0.4 is 19.9 Å². The average molecular weight is 642 g/mol. The molecule has 0 bridgehead atoms. The lowest BCUT2D eigenvalue weighted by Crippen LogP contribution is -2.45. The molecule has 0 atom stereocenters. The van der Waals surface area contributed by atoms with Crippen molar-refractivity contribution in [2.45, 2.75) is 35.5 Å². The van der Waals surface area contributed by atoms with Crippen molar-refractivity contribution in [1.29, 1.82) is 0 Å². The average Bonchev–Trinajstić information content (AvgIpc) is 2.90. The van der Waals surface area contributed by atoms with E-state index in [4.69, 9.17) is 4.74 Å². The van der Waals surface area contributed by atoms with Crippen LogP contribution in [0.5, 0.6) is 11.5 Å². The molecule has 0 amide bonds. The van der Waals surface area contributed by atoms with Gasteiger partial charge in [0.15, 0.2) is 0 Å². The van der Waals surface area contributed by atoms with E-state index in [1.807, 2.05) is 36.4 Å². The van der Waals surface area contributed by atoms with Gasteiger partial charge >= 0.3 is 0 Å². The number of hydrogen-bond donors (Lipinski definition) is 2. The summed E-state index contributed by atoms with van der Waals surface area (Å²) < 4.78 is 79.0.